The van der Waals surface area contributed by atoms with Crippen LogP contribution in [-0.2, 0) is 0 Å². The predicted octanol–water partition coefficient (Wildman–Crippen LogP) is 5.88. The van der Waals surface area contributed by atoms with Gasteiger partial charge in [-0.05, 0) is 72.5 Å². The molecule has 5 rings (SSSR count). The van der Waals surface area contributed by atoms with Crippen LogP contribution < -0.4 is 15.2 Å². The first-order chi connectivity index (χ1) is 18.0. The molecule has 0 spiro atoms. The zero-order chi connectivity index (χ0) is 25.8. The third-order valence-corrected chi connectivity index (χ3v) is 7.91. The van der Waals surface area contributed by atoms with Gasteiger partial charge in [-0.15, -0.1) is 11.3 Å². The van der Waals surface area contributed by atoms with Crippen LogP contribution in [0.3, 0.4) is 0 Å². The van der Waals surface area contributed by atoms with E-state index in [1.165, 1.54) is 26.4 Å². The zero-order valence-corrected chi connectivity index (χ0v) is 22.5. The average Bonchev–Trinajstić information content (AvgIpc) is 3.37. The lowest BCUT2D eigenvalue weighted by Gasteiger charge is -2.36. The van der Waals surface area contributed by atoms with Crippen LogP contribution in [0.25, 0.3) is 21.0 Å². The number of anilines is 1. The standard InChI is InChI=1S/C30H35N3O3S/c1-22(2)20-30(35)33-27-21-24(10-8-23(27)9-11-29(33)34)36-18-4-3-13-31-14-16-32(17-15-31)26-6-5-7-28-25(26)12-19-37-28/h5-12,19,21-22H,3-4,13-18,20H2,1-2H3. The molecule has 0 saturated carbocycles. The highest BCUT2D eigenvalue weighted by molar-refractivity contribution is 7.17. The number of hydrogen-bond donors (Lipinski definition) is 0. The van der Waals surface area contributed by atoms with Gasteiger partial charge in [-0.2, -0.15) is 0 Å². The highest BCUT2D eigenvalue weighted by atomic mass is 32.1. The number of unbranched alkanes of at least 4 members (excludes halogenated alkanes) is 1. The number of piperazine rings is 1. The first kappa shape index (κ1) is 25.5. The minimum atomic E-state index is -0.289. The van der Waals surface area contributed by atoms with E-state index in [9.17, 15) is 9.59 Å². The molecule has 0 aliphatic carbocycles. The Hall–Kier alpha value is -3.16. The van der Waals surface area contributed by atoms with Crippen LogP contribution in [0.2, 0.25) is 0 Å². The summed E-state index contributed by atoms with van der Waals surface area (Å²) < 4.78 is 8.67. The van der Waals surface area contributed by atoms with E-state index in [0.29, 0.717) is 24.3 Å². The van der Waals surface area contributed by atoms with Gasteiger partial charge >= 0.3 is 0 Å². The maximum absolute atomic E-state index is 12.7. The van der Waals surface area contributed by atoms with Crippen LogP contribution in [0.5, 0.6) is 5.75 Å². The van der Waals surface area contributed by atoms with Crippen molar-refractivity contribution in [3.63, 3.8) is 0 Å². The number of benzene rings is 2. The summed E-state index contributed by atoms with van der Waals surface area (Å²) in [5.41, 5.74) is 1.69. The molecular formula is C30H35N3O3S. The maximum Gasteiger partial charge on any atom is 0.257 e. The van der Waals surface area contributed by atoms with Crippen molar-refractivity contribution in [2.24, 2.45) is 5.92 Å². The van der Waals surface area contributed by atoms with E-state index in [1.54, 1.807) is 17.4 Å². The van der Waals surface area contributed by atoms with Crippen molar-refractivity contribution in [3.8, 4) is 5.75 Å². The lowest BCUT2D eigenvalue weighted by molar-refractivity contribution is 0.0888. The molecule has 37 heavy (non-hydrogen) atoms. The molecule has 2 aromatic heterocycles. The summed E-state index contributed by atoms with van der Waals surface area (Å²) in [6, 6.07) is 17.7. The fraction of sp³-hybridized carbons (Fsp3) is 0.400. The summed E-state index contributed by atoms with van der Waals surface area (Å²) in [5.74, 6) is 0.711. The largest absolute Gasteiger partial charge is 0.494 e. The number of fused-ring (bicyclic) bond motifs is 2. The Bertz CT molecular complexity index is 1430. The third kappa shape index (κ3) is 5.89. The first-order valence-electron chi connectivity index (χ1n) is 13.2. The van der Waals surface area contributed by atoms with E-state index >= 15 is 0 Å². The van der Waals surface area contributed by atoms with Crippen LogP contribution in [0.1, 0.15) is 37.9 Å². The number of hydrogen-bond acceptors (Lipinski definition) is 6. The summed E-state index contributed by atoms with van der Waals surface area (Å²) in [6.45, 7) is 9.91. The summed E-state index contributed by atoms with van der Waals surface area (Å²) in [7, 11) is 0. The van der Waals surface area contributed by atoms with Gasteiger partial charge in [-0.3, -0.25) is 14.5 Å². The van der Waals surface area contributed by atoms with Gasteiger partial charge in [0.2, 0.25) is 5.91 Å². The second-order valence-corrected chi connectivity index (χ2v) is 11.2. The van der Waals surface area contributed by atoms with E-state index in [0.717, 1.165) is 51.0 Å². The Balaban J connectivity index is 1.10. The Kier molecular flexibility index (Phi) is 7.91. The van der Waals surface area contributed by atoms with Gasteiger partial charge in [0, 0.05) is 60.5 Å². The molecule has 0 bridgehead atoms. The molecule has 3 heterocycles. The van der Waals surface area contributed by atoms with Crippen LogP contribution >= 0.6 is 11.3 Å². The van der Waals surface area contributed by atoms with Crippen molar-refractivity contribution >= 4 is 43.9 Å². The van der Waals surface area contributed by atoms with E-state index in [-0.39, 0.29) is 17.4 Å². The van der Waals surface area contributed by atoms with E-state index in [1.807, 2.05) is 32.0 Å². The van der Waals surface area contributed by atoms with Crippen LogP contribution in [0, 0.1) is 5.92 Å². The maximum atomic E-state index is 12.7. The van der Waals surface area contributed by atoms with Crippen LogP contribution in [0.15, 0.2) is 64.8 Å². The number of pyridine rings is 1. The summed E-state index contributed by atoms with van der Waals surface area (Å²) >= 11 is 1.81. The quantitative estimate of drug-likeness (QED) is 0.259. The van der Waals surface area contributed by atoms with Crippen molar-refractivity contribution < 1.29 is 9.53 Å². The topological polar surface area (TPSA) is 54.8 Å². The van der Waals surface area contributed by atoms with Crippen molar-refractivity contribution in [2.45, 2.75) is 33.1 Å². The Morgan fingerprint density at radius 3 is 2.62 bits per heavy atom. The van der Waals surface area contributed by atoms with Crippen molar-refractivity contribution in [2.75, 3.05) is 44.2 Å². The number of aromatic nitrogens is 1. The predicted molar refractivity (Wildman–Crippen MR) is 153 cm³/mol. The second-order valence-electron chi connectivity index (χ2n) is 10.2. The molecular weight excluding hydrogens is 482 g/mol. The minimum absolute atomic E-state index is 0.171. The summed E-state index contributed by atoms with van der Waals surface area (Å²) in [4.78, 5) is 30.2. The Morgan fingerprint density at radius 1 is 1.00 bits per heavy atom. The van der Waals surface area contributed by atoms with Crippen LogP contribution in [-0.4, -0.2) is 54.7 Å². The van der Waals surface area contributed by atoms with Gasteiger partial charge in [-0.25, -0.2) is 4.57 Å². The second kappa shape index (κ2) is 11.5. The molecule has 6 nitrogen and oxygen atoms in total. The average molecular weight is 518 g/mol. The third-order valence-electron chi connectivity index (χ3n) is 7.02. The highest BCUT2D eigenvalue weighted by Gasteiger charge is 2.18. The molecule has 7 heteroatoms. The monoisotopic (exact) mass is 517 g/mol. The zero-order valence-electron chi connectivity index (χ0n) is 21.7. The fourth-order valence-corrected chi connectivity index (χ4v) is 5.90. The van der Waals surface area contributed by atoms with Gasteiger partial charge in [0.15, 0.2) is 0 Å². The van der Waals surface area contributed by atoms with Gasteiger partial charge in [0.05, 0.1) is 12.1 Å². The number of carbonyl (C=O) groups is 1. The number of ether oxygens (including phenoxy) is 1. The van der Waals surface area contributed by atoms with Crippen molar-refractivity contribution in [1.29, 1.82) is 0 Å². The number of thiophene rings is 1. The molecule has 1 aliphatic rings. The Labute approximate surface area is 222 Å². The normalized spacial score (nSPS) is 14.6. The van der Waals surface area contributed by atoms with E-state index in [4.69, 9.17) is 4.74 Å². The minimum Gasteiger partial charge on any atom is -0.494 e. The molecule has 1 aliphatic heterocycles. The molecule has 0 atom stereocenters. The first-order valence-corrected chi connectivity index (χ1v) is 14.1. The molecule has 1 saturated heterocycles. The lowest BCUT2D eigenvalue weighted by Crippen LogP contribution is -2.46. The van der Waals surface area contributed by atoms with E-state index in [2.05, 4.69) is 39.4 Å². The van der Waals surface area contributed by atoms with Gasteiger partial charge in [-0.1, -0.05) is 19.9 Å². The van der Waals surface area contributed by atoms with Crippen molar-refractivity contribution in [1.82, 2.24) is 9.47 Å². The molecule has 0 radical (unpaired) electrons. The van der Waals surface area contributed by atoms with Gasteiger partial charge in [0.25, 0.3) is 5.56 Å². The van der Waals surface area contributed by atoms with Crippen LogP contribution in [0.4, 0.5) is 5.69 Å². The molecule has 4 aromatic rings. The number of nitrogens with zero attached hydrogens (tertiary/aromatic N) is 3. The van der Waals surface area contributed by atoms with Gasteiger partial charge < -0.3 is 9.64 Å². The number of rotatable bonds is 9. The van der Waals surface area contributed by atoms with Crippen molar-refractivity contribution in [3.05, 3.63) is 70.3 Å². The highest BCUT2D eigenvalue weighted by Crippen LogP contribution is 2.31. The summed E-state index contributed by atoms with van der Waals surface area (Å²) in [6.07, 6.45) is 2.37. The molecule has 0 unspecified atom stereocenters. The molecule has 2 aromatic carbocycles. The number of carbonyl (C=O) groups excluding carboxylic acids is 1. The molecule has 194 valence electrons. The summed E-state index contributed by atoms with van der Waals surface area (Å²) in [5, 5.41) is 4.40. The SMILES string of the molecule is CC(C)CC(=O)n1c(=O)ccc2ccc(OCCCCN3CCN(c4cccc5sccc45)CC3)cc21. The fourth-order valence-electron chi connectivity index (χ4n) is 5.09. The van der Waals surface area contributed by atoms with E-state index < -0.39 is 0 Å². The molecule has 0 N–H and O–H groups in total. The smallest absolute Gasteiger partial charge is 0.257 e. The van der Waals surface area contributed by atoms with Gasteiger partial charge in [0.1, 0.15) is 5.75 Å². The molecule has 0 amide bonds. The lowest BCUT2D eigenvalue weighted by atomic mass is 10.1. The Morgan fingerprint density at radius 2 is 1.81 bits per heavy atom. The molecule has 1 fully saturated rings.